The number of ether oxygens (including phenoxy) is 3. The van der Waals surface area contributed by atoms with Gasteiger partial charge in [-0.3, -0.25) is 4.90 Å². The summed E-state index contributed by atoms with van der Waals surface area (Å²) in [7, 11) is 3.16. The molecular formula is C20H23ClFNO4. The Kier molecular flexibility index (Phi) is 6.55. The topological polar surface area (TPSA) is 51.2 Å². The number of hydrogen-bond donors (Lipinski definition) is 1. The maximum atomic E-state index is 13.8. The molecule has 0 aliphatic carbocycles. The van der Waals surface area contributed by atoms with Crippen LogP contribution < -0.4 is 9.47 Å². The molecule has 0 amide bonds. The minimum atomic E-state index is -0.441. The van der Waals surface area contributed by atoms with Crippen LogP contribution >= 0.6 is 11.6 Å². The summed E-state index contributed by atoms with van der Waals surface area (Å²) in [6.07, 6.45) is -0.413. The van der Waals surface area contributed by atoms with Crippen LogP contribution in [-0.2, 0) is 11.3 Å². The Morgan fingerprint density at radius 2 is 2.00 bits per heavy atom. The van der Waals surface area contributed by atoms with Crippen LogP contribution in [0.15, 0.2) is 36.4 Å². The smallest absolute Gasteiger partial charge is 0.161 e. The van der Waals surface area contributed by atoms with E-state index in [1.165, 1.54) is 6.07 Å². The second-order valence-electron chi connectivity index (χ2n) is 6.33. The minimum absolute atomic E-state index is 0.121. The number of benzene rings is 2. The lowest BCUT2D eigenvalue weighted by Crippen LogP contribution is -2.46. The van der Waals surface area contributed by atoms with Crippen molar-refractivity contribution in [2.45, 2.75) is 18.7 Å². The molecule has 1 aliphatic rings. The van der Waals surface area contributed by atoms with Crippen molar-refractivity contribution in [2.24, 2.45) is 0 Å². The molecule has 146 valence electrons. The van der Waals surface area contributed by atoms with Crippen molar-refractivity contribution in [3.8, 4) is 11.5 Å². The van der Waals surface area contributed by atoms with E-state index in [1.807, 2.05) is 18.2 Å². The monoisotopic (exact) mass is 395 g/mol. The molecule has 5 nitrogen and oxygen atoms in total. The van der Waals surface area contributed by atoms with Crippen molar-refractivity contribution in [1.82, 2.24) is 4.90 Å². The van der Waals surface area contributed by atoms with Gasteiger partial charge in [0.15, 0.2) is 11.5 Å². The number of morpholine rings is 1. The minimum Gasteiger partial charge on any atom is -0.493 e. The van der Waals surface area contributed by atoms with Crippen LogP contribution in [0.25, 0.3) is 0 Å². The third kappa shape index (κ3) is 4.19. The van der Waals surface area contributed by atoms with E-state index in [1.54, 1.807) is 26.4 Å². The van der Waals surface area contributed by atoms with E-state index in [4.69, 9.17) is 25.8 Å². The third-order valence-corrected chi connectivity index (χ3v) is 5.21. The molecule has 7 heteroatoms. The van der Waals surface area contributed by atoms with Gasteiger partial charge in [-0.2, -0.15) is 0 Å². The molecule has 2 aromatic carbocycles. The fourth-order valence-electron chi connectivity index (χ4n) is 3.47. The van der Waals surface area contributed by atoms with E-state index in [0.717, 1.165) is 5.56 Å². The molecule has 0 saturated carbocycles. The molecule has 0 aromatic heterocycles. The predicted octanol–water partition coefficient (Wildman–Crippen LogP) is 3.43. The van der Waals surface area contributed by atoms with E-state index < -0.39 is 11.9 Å². The van der Waals surface area contributed by atoms with E-state index >= 15 is 0 Å². The summed E-state index contributed by atoms with van der Waals surface area (Å²) in [5.41, 5.74) is 1.61. The molecule has 1 heterocycles. The van der Waals surface area contributed by atoms with Gasteiger partial charge in [0.2, 0.25) is 0 Å². The highest BCUT2D eigenvalue weighted by Gasteiger charge is 2.34. The van der Waals surface area contributed by atoms with Gasteiger partial charge >= 0.3 is 0 Å². The van der Waals surface area contributed by atoms with Crippen molar-refractivity contribution in [3.63, 3.8) is 0 Å². The molecule has 1 aliphatic heterocycles. The van der Waals surface area contributed by atoms with Crippen LogP contribution in [0.4, 0.5) is 4.39 Å². The summed E-state index contributed by atoms with van der Waals surface area (Å²) in [4.78, 5) is 2.13. The van der Waals surface area contributed by atoms with Crippen LogP contribution in [0.1, 0.15) is 17.2 Å². The van der Waals surface area contributed by atoms with Gasteiger partial charge in [-0.25, -0.2) is 4.39 Å². The van der Waals surface area contributed by atoms with E-state index in [-0.39, 0.29) is 17.7 Å². The Morgan fingerprint density at radius 1 is 1.22 bits per heavy atom. The highest BCUT2D eigenvalue weighted by atomic mass is 35.5. The molecule has 3 rings (SSSR count). The molecular weight excluding hydrogens is 373 g/mol. The first-order chi connectivity index (χ1) is 13.1. The number of methoxy groups -OCH3 is 2. The Bertz CT molecular complexity index is 789. The number of aliphatic hydroxyl groups excluding tert-OH is 1. The van der Waals surface area contributed by atoms with Crippen LogP contribution in [0.5, 0.6) is 11.5 Å². The first kappa shape index (κ1) is 19.9. The lowest BCUT2D eigenvalue weighted by Gasteiger charge is -2.41. The van der Waals surface area contributed by atoms with Crippen molar-refractivity contribution >= 4 is 11.6 Å². The van der Waals surface area contributed by atoms with Gasteiger partial charge in [-0.1, -0.05) is 29.8 Å². The number of halogens is 2. The van der Waals surface area contributed by atoms with E-state index in [9.17, 15) is 9.50 Å². The highest BCUT2D eigenvalue weighted by molar-refractivity contribution is 6.31. The Balaban J connectivity index is 1.96. The number of hydrogen-bond acceptors (Lipinski definition) is 5. The lowest BCUT2D eigenvalue weighted by atomic mass is 9.97. The van der Waals surface area contributed by atoms with Crippen LogP contribution in [-0.4, -0.2) is 50.1 Å². The average Bonchev–Trinajstić information content (AvgIpc) is 2.70. The number of aliphatic hydroxyl groups is 1. The zero-order chi connectivity index (χ0) is 19.4. The highest BCUT2D eigenvalue weighted by Crippen LogP contribution is 2.37. The molecule has 0 unspecified atom stereocenters. The molecule has 0 bridgehead atoms. The van der Waals surface area contributed by atoms with Crippen LogP contribution in [0.2, 0.25) is 5.02 Å². The Labute approximate surface area is 163 Å². The fraction of sp³-hybridized carbons (Fsp3) is 0.400. The Morgan fingerprint density at radius 3 is 2.70 bits per heavy atom. The zero-order valence-corrected chi connectivity index (χ0v) is 16.1. The summed E-state index contributed by atoms with van der Waals surface area (Å²) in [5, 5.41) is 9.96. The third-order valence-electron chi connectivity index (χ3n) is 4.79. The second kappa shape index (κ2) is 8.89. The van der Waals surface area contributed by atoms with Crippen LogP contribution in [0, 0.1) is 5.82 Å². The molecule has 2 atom stereocenters. The van der Waals surface area contributed by atoms with Crippen molar-refractivity contribution in [1.29, 1.82) is 0 Å². The van der Waals surface area contributed by atoms with Gasteiger partial charge in [-0.15, -0.1) is 0 Å². The molecule has 0 spiro atoms. The van der Waals surface area contributed by atoms with Gasteiger partial charge < -0.3 is 19.3 Å². The maximum absolute atomic E-state index is 13.8. The quantitative estimate of drug-likeness (QED) is 0.812. The molecule has 1 saturated heterocycles. The fourth-order valence-corrected chi connectivity index (χ4v) is 3.65. The van der Waals surface area contributed by atoms with E-state index in [2.05, 4.69) is 4.90 Å². The molecule has 27 heavy (non-hydrogen) atoms. The Hall–Kier alpha value is -1.86. The van der Waals surface area contributed by atoms with Crippen molar-refractivity contribution in [2.75, 3.05) is 34.0 Å². The number of nitrogens with zero attached hydrogens (tertiary/aromatic N) is 1. The van der Waals surface area contributed by atoms with Gasteiger partial charge in [0.05, 0.1) is 38.5 Å². The summed E-state index contributed by atoms with van der Waals surface area (Å²) >= 11 is 6.14. The predicted molar refractivity (Wildman–Crippen MR) is 101 cm³/mol. The summed E-state index contributed by atoms with van der Waals surface area (Å²) in [5.74, 6) is 0.781. The van der Waals surface area contributed by atoms with Gasteiger partial charge in [0.1, 0.15) is 11.9 Å². The standard InChI is InChI=1S/C20H23ClFNO4/c1-25-16-7-6-13(10-17(16)26-2)20-18(12-24)27-9-8-23(20)11-14-4-3-5-15(22)19(14)21/h3-7,10,18,20,24H,8-9,11-12H2,1-2H3/t18-,20-/m1/s1. The van der Waals surface area contributed by atoms with E-state index in [0.29, 0.717) is 36.8 Å². The molecule has 0 radical (unpaired) electrons. The van der Waals surface area contributed by atoms with Crippen molar-refractivity contribution in [3.05, 3.63) is 58.4 Å². The number of rotatable bonds is 6. The molecule has 1 fully saturated rings. The second-order valence-corrected chi connectivity index (χ2v) is 6.71. The normalized spacial score (nSPS) is 20.5. The summed E-state index contributed by atoms with van der Waals surface area (Å²) in [6.45, 7) is 1.41. The largest absolute Gasteiger partial charge is 0.493 e. The first-order valence-electron chi connectivity index (χ1n) is 8.70. The summed E-state index contributed by atoms with van der Waals surface area (Å²) < 4.78 is 30.3. The van der Waals surface area contributed by atoms with Gasteiger partial charge in [0.25, 0.3) is 0 Å². The van der Waals surface area contributed by atoms with Crippen molar-refractivity contribution < 1.29 is 23.7 Å². The SMILES string of the molecule is COc1ccc([C@@H]2[C@@H](CO)OCCN2Cc2cccc(F)c2Cl)cc1OC. The molecule has 1 N–H and O–H groups in total. The summed E-state index contributed by atoms with van der Waals surface area (Å²) in [6, 6.07) is 10.2. The maximum Gasteiger partial charge on any atom is 0.161 e. The lowest BCUT2D eigenvalue weighted by molar-refractivity contribution is -0.0961. The van der Waals surface area contributed by atoms with Gasteiger partial charge in [-0.05, 0) is 29.3 Å². The van der Waals surface area contributed by atoms with Crippen LogP contribution in [0.3, 0.4) is 0 Å². The first-order valence-corrected chi connectivity index (χ1v) is 9.08. The zero-order valence-electron chi connectivity index (χ0n) is 15.3. The molecule has 2 aromatic rings. The van der Waals surface area contributed by atoms with Gasteiger partial charge in [0, 0.05) is 13.1 Å². The average molecular weight is 396 g/mol.